The highest BCUT2D eigenvalue weighted by atomic mass is 15.3. The summed E-state index contributed by atoms with van der Waals surface area (Å²) in [4.78, 5) is 14.2. The van der Waals surface area contributed by atoms with Gasteiger partial charge < -0.3 is 15.5 Å². The smallest absolute Gasteiger partial charge is 0.225 e. The van der Waals surface area contributed by atoms with Crippen LogP contribution in [0.5, 0.6) is 0 Å². The highest BCUT2D eigenvalue weighted by Gasteiger charge is 2.21. The zero-order valence-corrected chi connectivity index (χ0v) is 11.7. The van der Waals surface area contributed by atoms with E-state index < -0.39 is 0 Å². The van der Waals surface area contributed by atoms with Crippen LogP contribution >= 0.6 is 0 Å². The molecule has 5 nitrogen and oxygen atoms in total. The Bertz CT molecular complexity index is 434. The maximum absolute atomic E-state index is 5.88. The standard InChI is InChI=1S/C14H23N5/c1-18-6-8-19(9-7-18)14-16-12-5-3-2-4-11(12)13(10-15)17-14/h2-10,15H2,1H3. The molecule has 0 bridgehead atoms. The van der Waals surface area contributed by atoms with Crippen molar-refractivity contribution in [3.05, 3.63) is 17.0 Å². The van der Waals surface area contributed by atoms with Crippen molar-refractivity contribution in [2.75, 3.05) is 38.1 Å². The minimum Gasteiger partial charge on any atom is -0.338 e. The van der Waals surface area contributed by atoms with Crippen molar-refractivity contribution in [2.45, 2.75) is 32.2 Å². The average Bonchev–Trinajstić information content (AvgIpc) is 2.47. The van der Waals surface area contributed by atoms with E-state index in [4.69, 9.17) is 15.7 Å². The average molecular weight is 261 g/mol. The van der Waals surface area contributed by atoms with E-state index in [1.165, 1.54) is 24.1 Å². The second-order valence-corrected chi connectivity index (χ2v) is 5.60. The summed E-state index contributed by atoms with van der Waals surface area (Å²) < 4.78 is 0. The third-order valence-corrected chi connectivity index (χ3v) is 4.24. The molecule has 1 aliphatic heterocycles. The van der Waals surface area contributed by atoms with E-state index in [2.05, 4.69) is 16.8 Å². The molecule has 3 rings (SSSR count). The number of hydrogen-bond donors (Lipinski definition) is 1. The maximum Gasteiger partial charge on any atom is 0.225 e. The minimum absolute atomic E-state index is 0.533. The van der Waals surface area contributed by atoms with Crippen molar-refractivity contribution in [3.8, 4) is 0 Å². The van der Waals surface area contributed by atoms with Gasteiger partial charge in [-0.25, -0.2) is 9.97 Å². The molecule has 0 saturated carbocycles. The first-order chi connectivity index (χ1) is 9.28. The van der Waals surface area contributed by atoms with Crippen LogP contribution in [0.15, 0.2) is 0 Å². The van der Waals surface area contributed by atoms with Gasteiger partial charge in [0.05, 0.1) is 5.69 Å². The van der Waals surface area contributed by atoms with Gasteiger partial charge in [0.2, 0.25) is 5.95 Å². The molecule has 1 aromatic rings. The lowest BCUT2D eigenvalue weighted by Crippen LogP contribution is -2.45. The highest BCUT2D eigenvalue weighted by molar-refractivity contribution is 5.39. The Morgan fingerprint density at radius 3 is 2.53 bits per heavy atom. The third-order valence-electron chi connectivity index (χ3n) is 4.24. The lowest BCUT2D eigenvalue weighted by molar-refractivity contribution is 0.311. The van der Waals surface area contributed by atoms with Crippen molar-refractivity contribution in [1.82, 2.24) is 14.9 Å². The first kappa shape index (κ1) is 12.8. The van der Waals surface area contributed by atoms with Gasteiger partial charge in [-0.3, -0.25) is 0 Å². The van der Waals surface area contributed by atoms with Crippen LogP contribution in [0.2, 0.25) is 0 Å². The van der Waals surface area contributed by atoms with Crippen molar-refractivity contribution in [1.29, 1.82) is 0 Å². The van der Waals surface area contributed by atoms with E-state index in [1.54, 1.807) is 0 Å². The second kappa shape index (κ2) is 5.43. The molecule has 1 fully saturated rings. The van der Waals surface area contributed by atoms with E-state index in [-0.39, 0.29) is 0 Å². The summed E-state index contributed by atoms with van der Waals surface area (Å²) >= 11 is 0. The Morgan fingerprint density at radius 1 is 1.05 bits per heavy atom. The molecule has 2 aliphatic rings. The molecule has 0 spiro atoms. The summed E-state index contributed by atoms with van der Waals surface area (Å²) in [6.45, 7) is 4.72. The third kappa shape index (κ3) is 2.58. The van der Waals surface area contributed by atoms with Crippen LogP contribution in [0.4, 0.5) is 5.95 Å². The molecule has 0 atom stereocenters. The van der Waals surface area contributed by atoms with Crippen molar-refractivity contribution < 1.29 is 0 Å². The number of aromatic nitrogens is 2. The fourth-order valence-electron chi connectivity index (χ4n) is 2.97. The first-order valence-corrected chi connectivity index (χ1v) is 7.30. The highest BCUT2D eigenvalue weighted by Crippen LogP contribution is 2.24. The fraction of sp³-hybridized carbons (Fsp3) is 0.714. The van der Waals surface area contributed by atoms with Gasteiger partial charge in [-0.15, -0.1) is 0 Å². The van der Waals surface area contributed by atoms with Crippen LogP contribution in [-0.2, 0) is 19.4 Å². The van der Waals surface area contributed by atoms with E-state index in [9.17, 15) is 0 Å². The van der Waals surface area contributed by atoms with E-state index >= 15 is 0 Å². The van der Waals surface area contributed by atoms with Gasteiger partial charge in [0.25, 0.3) is 0 Å². The molecule has 1 saturated heterocycles. The number of nitrogens with two attached hydrogens (primary N) is 1. The molecule has 0 aromatic carbocycles. The second-order valence-electron chi connectivity index (χ2n) is 5.60. The Balaban J connectivity index is 1.89. The SMILES string of the molecule is CN1CCN(c2nc(CN)c3c(n2)CCCC3)CC1. The number of likely N-dealkylation sites (N-methyl/N-ethyl adjacent to an activating group) is 1. The molecular formula is C14H23N5. The largest absolute Gasteiger partial charge is 0.338 e. The van der Waals surface area contributed by atoms with Gasteiger partial charge in [-0.2, -0.15) is 0 Å². The summed E-state index contributed by atoms with van der Waals surface area (Å²) in [5.74, 6) is 0.897. The topological polar surface area (TPSA) is 58.3 Å². The molecule has 2 heterocycles. The predicted octanol–water partition coefficient (Wildman–Crippen LogP) is 0.566. The van der Waals surface area contributed by atoms with E-state index in [0.29, 0.717) is 6.54 Å². The van der Waals surface area contributed by atoms with Crippen molar-refractivity contribution in [2.24, 2.45) is 5.73 Å². The molecule has 1 aliphatic carbocycles. The zero-order valence-electron chi connectivity index (χ0n) is 11.7. The quantitative estimate of drug-likeness (QED) is 0.843. The predicted molar refractivity (Wildman–Crippen MR) is 76.3 cm³/mol. The van der Waals surface area contributed by atoms with Gasteiger partial charge in [-0.1, -0.05) is 0 Å². The lowest BCUT2D eigenvalue weighted by Gasteiger charge is -2.33. The van der Waals surface area contributed by atoms with E-state index in [0.717, 1.165) is 50.7 Å². The van der Waals surface area contributed by atoms with Crippen LogP contribution in [0.1, 0.15) is 29.8 Å². The van der Waals surface area contributed by atoms with Crippen molar-refractivity contribution >= 4 is 5.95 Å². The molecule has 5 heteroatoms. The summed E-state index contributed by atoms with van der Waals surface area (Å²) in [6, 6.07) is 0. The van der Waals surface area contributed by atoms with E-state index in [1.807, 2.05) is 0 Å². The Hall–Kier alpha value is -1.20. The van der Waals surface area contributed by atoms with Crippen LogP contribution < -0.4 is 10.6 Å². The Kier molecular flexibility index (Phi) is 3.66. The lowest BCUT2D eigenvalue weighted by atomic mass is 9.94. The maximum atomic E-state index is 5.88. The number of nitrogens with zero attached hydrogens (tertiary/aromatic N) is 4. The van der Waals surface area contributed by atoms with Gasteiger partial charge in [0, 0.05) is 38.4 Å². The Morgan fingerprint density at radius 2 is 1.79 bits per heavy atom. The summed E-state index contributed by atoms with van der Waals surface area (Å²) in [7, 11) is 2.16. The molecule has 19 heavy (non-hydrogen) atoms. The molecular weight excluding hydrogens is 238 g/mol. The first-order valence-electron chi connectivity index (χ1n) is 7.30. The molecule has 0 radical (unpaired) electrons. The molecule has 2 N–H and O–H groups in total. The molecule has 0 unspecified atom stereocenters. The van der Waals surface area contributed by atoms with Crippen LogP contribution in [0.25, 0.3) is 0 Å². The van der Waals surface area contributed by atoms with Crippen LogP contribution in [0.3, 0.4) is 0 Å². The summed E-state index contributed by atoms with van der Waals surface area (Å²) in [5, 5.41) is 0. The number of piperazine rings is 1. The van der Waals surface area contributed by atoms with Gasteiger partial charge in [0.15, 0.2) is 0 Å². The number of aryl methyl sites for hydroxylation is 1. The summed E-state index contributed by atoms with van der Waals surface area (Å²) in [5.41, 5.74) is 9.52. The van der Waals surface area contributed by atoms with Gasteiger partial charge in [0.1, 0.15) is 0 Å². The number of rotatable bonds is 2. The summed E-state index contributed by atoms with van der Waals surface area (Å²) in [6.07, 6.45) is 4.68. The van der Waals surface area contributed by atoms with Crippen LogP contribution in [0, 0.1) is 0 Å². The zero-order chi connectivity index (χ0) is 13.2. The molecule has 0 amide bonds. The van der Waals surface area contributed by atoms with Crippen molar-refractivity contribution in [3.63, 3.8) is 0 Å². The monoisotopic (exact) mass is 261 g/mol. The minimum atomic E-state index is 0.533. The van der Waals surface area contributed by atoms with Gasteiger partial charge in [-0.05, 0) is 38.3 Å². The Labute approximate surface area is 114 Å². The number of anilines is 1. The normalized spacial score (nSPS) is 20.4. The molecule has 104 valence electrons. The number of hydrogen-bond acceptors (Lipinski definition) is 5. The fourth-order valence-corrected chi connectivity index (χ4v) is 2.97. The van der Waals surface area contributed by atoms with Crippen LogP contribution in [-0.4, -0.2) is 48.1 Å². The molecule has 1 aromatic heterocycles. The number of fused-ring (bicyclic) bond motifs is 1. The van der Waals surface area contributed by atoms with Gasteiger partial charge >= 0.3 is 0 Å².